The summed E-state index contributed by atoms with van der Waals surface area (Å²) >= 11 is 0. The molecule has 0 aliphatic heterocycles. The number of amides is 2. The minimum Gasteiger partial charge on any atom is -0.379 e. The summed E-state index contributed by atoms with van der Waals surface area (Å²) in [6.07, 6.45) is 30.2. The van der Waals surface area contributed by atoms with Crippen molar-refractivity contribution in [2.75, 3.05) is 40.4 Å². The molecule has 11 heteroatoms. The van der Waals surface area contributed by atoms with Crippen LogP contribution in [0.3, 0.4) is 0 Å². The van der Waals surface area contributed by atoms with Gasteiger partial charge in [-0.1, -0.05) is 88.8 Å². The monoisotopic (exact) mass is 1070 g/mol. The fourth-order valence-electron chi connectivity index (χ4n) is 8.09. The Morgan fingerprint density at radius 3 is 1.21 bits per heavy atom. The summed E-state index contributed by atoms with van der Waals surface area (Å²) in [6.45, 7) is 15.2. The molecule has 404 valence electrons. The van der Waals surface area contributed by atoms with Crippen molar-refractivity contribution in [3.8, 4) is 0 Å². The van der Waals surface area contributed by atoms with Crippen LogP contribution in [-0.2, 0) is 44.0 Å². The minimum atomic E-state index is -0.699. The van der Waals surface area contributed by atoms with Gasteiger partial charge in [0, 0.05) is 74.8 Å². The van der Waals surface area contributed by atoms with E-state index in [0.29, 0.717) is 86.0 Å². The molecule has 2 amide bonds. The van der Waals surface area contributed by atoms with Gasteiger partial charge < -0.3 is 19.3 Å². The Morgan fingerprint density at radius 1 is 0.547 bits per heavy atom. The summed E-state index contributed by atoms with van der Waals surface area (Å²) in [5, 5.41) is 0. The van der Waals surface area contributed by atoms with Crippen molar-refractivity contribution < 1.29 is 58.3 Å². The third-order valence-corrected chi connectivity index (χ3v) is 13.3. The zero-order valence-corrected chi connectivity index (χ0v) is 47.5. The molecule has 0 aromatic heterocycles. The Bertz CT molecular complexity index is 2150. The van der Waals surface area contributed by atoms with Gasteiger partial charge in [-0.3, -0.25) is 21.7 Å². The molecule has 6 nitrogen and oxygen atoms in total. The smallest absolute Gasteiger partial charge is 0.379 e. The first-order chi connectivity index (χ1) is 35.4. The molecule has 4 aromatic rings. The van der Waals surface area contributed by atoms with Crippen LogP contribution in [0.4, 0.5) is 17.6 Å². The first-order valence-corrected chi connectivity index (χ1v) is 26.4. The van der Waals surface area contributed by atoms with E-state index in [1.165, 1.54) is 24.3 Å². The van der Waals surface area contributed by atoms with Crippen LogP contribution in [0.2, 0.25) is 0 Å². The Balaban J connectivity index is 0.000000425. The summed E-state index contributed by atoms with van der Waals surface area (Å²) in [5.74, 6) is -1.76. The zero-order chi connectivity index (χ0) is 54.2. The summed E-state index contributed by atoms with van der Waals surface area (Å²) in [7, 11) is 3.48. The molecular weight excluding hydrogens is 985 g/mol. The first-order valence-electron chi connectivity index (χ1n) is 26.4. The van der Waals surface area contributed by atoms with E-state index in [2.05, 4.69) is 78.0 Å². The maximum Gasteiger partial charge on any atom is 4.00 e. The summed E-state index contributed by atoms with van der Waals surface area (Å²) in [6, 6.07) is 28.0. The predicted octanol–water partition coefficient (Wildman–Crippen LogP) is 15.5. The van der Waals surface area contributed by atoms with E-state index in [1.807, 2.05) is 94.8 Å². The molecule has 6 rings (SSSR count). The molecule has 2 aliphatic carbocycles. The summed E-state index contributed by atoms with van der Waals surface area (Å²) in [5.41, 5.74) is 1.94. The van der Waals surface area contributed by atoms with Gasteiger partial charge in [0.1, 0.15) is 0 Å². The number of rotatable bonds is 26. The van der Waals surface area contributed by atoms with Crippen LogP contribution >= 0.6 is 0 Å². The Morgan fingerprint density at radius 2 is 0.920 bits per heavy atom. The van der Waals surface area contributed by atoms with Crippen LogP contribution < -0.4 is 0 Å². The van der Waals surface area contributed by atoms with E-state index in [-0.39, 0.29) is 44.7 Å². The van der Waals surface area contributed by atoms with Crippen LogP contribution in [0, 0.1) is 59.4 Å². The number of benzene rings is 4. The SMILES string of the molecule is COC(C)(C)CCCC(C)CCN(CCCc1ccc(F)[c-]c1F)C(=O)c1ccccc1.COC(C)(C)CCCC(C)CCN(CCCc1ccc(F)[c-]c1F)C(=O)c1ccccc1.[C-]1=CC=CC1.[C-]1=CC=CC1.[Ti+4]. The average molecular weight is 1070 g/mol. The van der Waals surface area contributed by atoms with Gasteiger partial charge in [0.2, 0.25) is 0 Å². The largest absolute Gasteiger partial charge is 4.00 e. The molecule has 0 heterocycles. The number of allylic oxidation sites excluding steroid dienone is 8. The van der Waals surface area contributed by atoms with E-state index >= 15 is 0 Å². The Kier molecular flexibility index (Phi) is 32.7. The van der Waals surface area contributed by atoms with Crippen molar-refractivity contribution in [1.82, 2.24) is 9.80 Å². The van der Waals surface area contributed by atoms with Crippen LogP contribution in [0.15, 0.2) is 121 Å². The summed E-state index contributed by atoms with van der Waals surface area (Å²) in [4.78, 5) is 29.9. The van der Waals surface area contributed by atoms with Crippen molar-refractivity contribution in [2.45, 2.75) is 143 Å². The predicted molar refractivity (Wildman–Crippen MR) is 292 cm³/mol. The van der Waals surface area contributed by atoms with E-state index in [4.69, 9.17) is 9.47 Å². The number of aryl methyl sites for hydroxylation is 2. The van der Waals surface area contributed by atoms with Gasteiger partial charge >= 0.3 is 21.7 Å². The Labute approximate surface area is 463 Å². The van der Waals surface area contributed by atoms with Gasteiger partial charge in [0.05, 0.1) is 11.2 Å². The second-order valence-electron chi connectivity index (χ2n) is 20.3. The number of hydrogen-bond donors (Lipinski definition) is 0. The maximum absolute atomic E-state index is 13.9. The van der Waals surface area contributed by atoms with E-state index < -0.39 is 23.3 Å². The minimum absolute atomic E-state index is 0. The molecule has 0 saturated heterocycles. The second kappa shape index (κ2) is 37.0. The molecule has 2 aliphatic rings. The third kappa shape index (κ3) is 28.2. The average Bonchev–Trinajstić information content (AvgIpc) is 4.19. The fraction of sp³-hybridized carbons (Fsp3) is 0.469. The number of nitrogens with zero attached hydrogens (tertiary/aromatic N) is 2. The van der Waals surface area contributed by atoms with E-state index in [1.54, 1.807) is 14.2 Å². The molecule has 4 aromatic carbocycles. The molecule has 0 radical (unpaired) electrons. The Hall–Kier alpha value is -4.87. The van der Waals surface area contributed by atoms with Gasteiger partial charge in [-0.2, -0.15) is 24.3 Å². The first kappa shape index (κ1) is 66.2. The van der Waals surface area contributed by atoms with Gasteiger partial charge in [0.25, 0.3) is 11.8 Å². The molecule has 0 bridgehead atoms. The molecule has 0 saturated carbocycles. The van der Waals surface area contributed by atoms with E-state index in [0.717, 1.165) is 64.2 Å². The van der Waals surface area contributed by atoms with Crippen molar-refractivity contribution in [3.63, 3.8) is 0 Å². The number of halogens is 4. The number of carbonyl (C=O) groups excluding carboxylic acids is 2. The van der Waals surface area contributed by atoms with Crippen molar-refractivity contribution in [2.24, 2.45) is 11.8 Å². The number of ether oxygens (including phenoxy) is 2. The molecule has 0 N–H and O–H groups in total. The fourth-order valence-corrected chi connectivity index (χ4v) is 8.09. The molecule has 0 spiro atoms. The van der Waals surface area contributed by atoms with Crippen LogP contribution in [0.1, 0.15) is 150 Å². The van der Waals surface area contributed by atoms with Gasteiger partial charge in [-0.05, 0) is 102 Å². The molecule has 0 fully saturated rings. The molecular formula is C64H82F4N2O4Ti. The number of hydrogen-bond acceptors (Lipinski definition) is 4. The van der Waals surface area contributed by atoms with Gasteiger partial charge in [-0.25, -0.2) is 41.9 Å². The molecule has 75 heavy (non-hydrogen) atoms. The number of methoxy groups -OCH3 is 2. The zero-order valence-electron chi connectivity index (χ0n) is 46.0. The molecule has 2 unspecified atom stereocenters. The summed E-state index contributed by atoms with van der Waals surface area (Å²) < 4.78 is 64.9. The topological polar surface area (TPSA) is 59.1 Å². The standard InChI is InChI=1S/2C27H36F2NO2.2C5H5.Ti/c2*1-21(10-8-17-27(2,3)32-4)16-19-30(26(31)23-11-6-5-7-12-23)18-9-13-22-14-15-24(28)20-25(22)29;2*1-2-4-5-3-1;/h2*5-7,11-12,14-15,21H,8-10,13,16-19H2,1-4H3;2*1-3H,4H2;/q4*-1;+4. The van der Waals surface area contributed by atoms with E-state index in [9.17, 15) is 27.2 Å². The maximum atomic E-state index is 13.9. The number of carbonyl (C=O) groups is 2. The normalized spacial score (nSPS) is 13.1. The van der Waals surface area contributed by atoms with Gasteiger partial charge in [-0.15, -0.1) is 48.2 Å². The molecule has 2 atom stereocenters. The van der Waals surface area contributed by atoms with Crippen LogP contribution in [-0.4, -0.2) is 73.2 Å². The van der Waals surface area contributed by atoms with Crippen LogP contribution in [0.5, 0.6) is 0 Å². The van der Waals surface area contributed by atoms with Crippen LogP contribution in [0.25, 0.3) is 0 Å². The third-order valence-electron chi connectivity index (χ3n) is 13.3. The second-order valence-corrected chi connectivity index (χ2v) is 20.3. The van der Waals surface area contributed by atoms with Crippen molar-refractivity contribution >= 4 is 11.8 Å². The van der Waals surface area contributed by atoms with Crippen molar-refractivity contribution in [3.05, 3.63) is 191 Å². The quantitative estimate of drug-likeness (QED) is 0.0357. The van der Waals surface area contributed by atoms with Gasteiger partial charge in [0.15, 0.2) is 0 Å². The van der Waals surface area contributed by atoms with Crippen molar-refractivity contribution in [1.29, 1.82) is 0 Å².